The lowest BCUT2D eigenvalue weighted by atomic mass is 10.1. The minimum Gasteiger partial charge on any atom is -0.370 e. The molecule has 0 saturated carbocycles. The van der Waals surface area contributed by atoms with Crippen molar-refractivity contribution in [1.29, 1.82) is 0 Å². The van der Waals surface area contributed by atoms with Gasteiger partial charge >= 0.3 is 0 Å². The molecule has 1 aromatic carbocycles. The zero-order valence-electron chi connectivity index (χ0n) is 17.2. The Balaban J connectivity index is 2.33. The Morgan fingerprint density at radius 2 is 1.76 bits per heavy atom. The van der Waals surface area contributed by atoms with E-state index in [0.29, 0.717) is 44.5 Å². The Morgan fingerprint density at radius 3 is 2.38 bits per heavy atom. The maximum Gasteiger partial charge on any atom is 0.251 e. The SMILES string of the molecule is CCCNC(=O)c1ccc(CNC(=O)[C@H](C)NC(=O)CCCCN=C(N)N)cc1. The molecule has 0 heterocycles. The molecule has 0 spiro atoms. The molecule has 1 aromatic rings. The van der Waals surface area contributed by atoms with Gasteiger partial charge in [-0.3, -0.25) is 19.4 Å². The highest BCUT2D eigenvalue weighted by Gasteiger charge is 2.15. The summed E-state index contributed by atoms with van der Waals surface area (Å²) in [6.07, 6.45) is 2.51. The fraction of sp³-hybridized carbons (Fsp3) is 0.500. The van der Waals surface area contributed by atoms with Crippen LogP contribution in [0.3, 0.4) is 0 Å². The first-order valence-electron chi connectivity index (χ1n) is 9.83. The van der Waals surface area contributed by atoms with Gasteiger partial charge in [0.2, 0.25) is 11.8 Å². The maximum atomic E-state index is 12.2. The number of rotatable bonds is 12. The van der Waals surface area contributed by atoms with E-state index in [1.54, 1.807) is 31.2 Å². The number of nitrogens with zero attached hydrogens (tertiary/aromatic N) is 1. The van der Waals surface area contributed by atoms with Crippen LogP contribution < -0.4 is 27.4 Å². The highest BCUT2D eigenvalue weighted by Crippen LogP contribution is 2.05. The molecule has 3 amide bonds. The highest BCUT2D eigenvalue weighted by atomic mass is 16.2. The number of carbonyl (C=O) groups excluding carboxylic acids is 3. The molecular weight excluding hydrogens is 372 g/mol. The number of guanidine groups is 1. The summed E-state index contributed by atoms with van der Waals surface area (Å²) >= 11 is 0. The molecule has 0 aliphatic rings. The van der Waals surface area contributed by atoms with Crippen molar-refractivity contribution in [2.75, 3.05) is 13.1 Å². The number of benzene rings is 1. The smallest absolute Gasteiger partial charge is 0.251 e. The number of nitrogens with one attached hydrogen (secondary N) is 3. The lowest BCUT2D eigenvalue weighted by molar-refractivity contribution is -0.128. The first-order chi connectivity index (χ1) is 13.8. The van der Waals surface area contributed by atoms with Crippen molar-refractivity contribution in [1.82, 2.24) is 16.0 Å². The van der Waals surface area contributed by atoms with Gasteiger partial charge in [-0.15, -0.1) is 0 Å². The van der Waals surface area contributed by atoms with E-state index in [-0.39, 0.29) is 23.7 Å². The van der Waals surface area contributed by atoms with Crippen molar-refractivity contribution in [3.63, 3.8) is 0 Å². The molecule has 0 bridgehead atoms. The van der Waals surface area contributed by atoms with E-state index >= 15 is 0 Å². The first-order valence-corrected chi connectivity index (χ1v) is 9.83. The lowest BCUT2D eigenvalue weighted by Crippen LogP contribution is -2.44. The molecule has 9 heteroatoms. The summed E-state index contributed by atoms with van der Waals surface area (Å²) in [6.45, 7) is 5.05. The van der Waals surface area contributed by atoms with E-state index in [1.807, 2.05) is 6.92 Å². The zero-order chi connectivity index (χ0) is 21.6. The van der Waals surface area contributed by atoms with Crippen molar-refractivity contribution in [3.8, 4) is 0 Å². The highest BCUT2D eigenvalue weighted by molar-refractivity contribution is 5.94. The van der Waals surface area contributed by atoms with E-state index in [1.165, 1.54) is 0 Å². The predicted octanol–water partition coefficient (Wildman–Crippen LogP) is 0.391. The van der Waals surface area contributed by atoms with Crippen LogP contribution in [0.2, 0.25) is 0 Å². The third kappa shape index (κ3) is 10.1. The molecule has 9 nitrogen and oxygen atoms in total. The largest absolute Gasteiger partial charge is 0.370 e. The van der Waals surface area contributed by atoms with Crippen LogP contribution in [0.25, 0.3) is 0 Å². The second-order valence-electron chi connectivity index (χ2n) is 6.72. The average Bonchev–Trinajstić information content (AvgIpc) is 2.69. The Labute approximate surface area is 171 Å². The predicted molar refractivity (Wildman–Crippen MR) is 113 cm³/mol. The summed E-state index contributed by atoms with van der Waals surface area (Å²) in [7, 11) is 0. The Kier molecular flexibility index (Phi) is 10.8. The number of carbonyl (C=O) groups is 3. The van der Waals surface area contributed by atoms with Crippen LogP contribution in [-0.4, -0.2) is 42.8 Å². The minimum atomic E-state index is -0.640. The van der Waals surface area contributed by atoms with Crippen LogP contribution in [0.15, 0.2) is 29.3 Å². The van der Waals surface area contributed by atoms with E-state index in [4.69, 9.17) is 11.5 Å². The van der Waals surface area contributed by atoms with Crippen LogP contribution >= 0.6 is 0 Å². The van der Waals surface area contributed by atoms with Gasteiger partial charge in [-0.2, -0.15) is 0 Å². The average molecular weight is 405 g/mol. The summed E-state index contributed by atoms with van der Waals surface area (Å²) in [4.78, 5) is 39.8. The molecule has 0 aromatic heterocycles. The maximum absolute atomic E-state index is 12.2. The van der Waals surface area contributed by atoms with Crippen LogP contribution in [-0.2, 0) is 16.1 Å². The molecule has 1 atom stereocenters. The summed E-state index contributed by atoms with van der Waals surface area (Å²) in [5.41, 5.74) is 11.9. The van der Waals surface area contributed by atoms with Crippen molar-refractivity contribution >= 4 is 23.7 Å². The van der Waals surface area contributed by atoms with Crippen molar-refractivity contribution in [2.24, 2.45) is 16.5 Å². The molecule has 0 aliphatic heterocycles. The number of unbranched alkanes of at least 4 members (excludes halogenated alkanes) is 1. The lowest BCUT2D eigenvalue weighted by Gasteiger charge is -2.14. The van der Waals surface area contributed by atoms with Crippen molar-refractivity contribution in [3.05, 3.63) is 35.4 Å². The molecule has 0 aliphatic carbocycles. The summed E-state index contributed by atoms with van der Waals surface area (Å²) < 4.78 is 0. The van der Waals surface area contributed by atoms with Crippen LogP contribution in [0.1, 0.15) is 55.5 Å². The molecule has 7 N–H and O–H groups in total. The number of nitrogens with two attached hydrogens (primary N) is 2. The second-order valence-corrected chi connectivity index (χ2v) is 6.72. The van der Waals surface area contributed by atoms with Gasteiger partial charge in [0.15, 0.2) is 5.96 Å². The molecule has 0 radical (unpaired) electrons. The normalized spacial score (nSPS) is 11.2. The second kappa shape index (κ2) is 13.1. The van der Waals surface area contributed by atoms with Gasteiger partial charge in [-0.05, 0) is 43.9 Å². The van der Waals surface area contributed by atoms with E-state index in [0.717, 1.165) is 12.0 Å². The molecule has 0 unspecified atom stereocenters. The van der Waals surface area contributed by atoms with Gasteiger partial charge in [0, 0.05) is 31.6 Å². The molecule has 29 heavy (non-hydrogen) atoms. The molecule has 160 valence electrons. The van der Waals surface area contributed by atoms with Gasteiger partial charge < -0.3 is 27.4 Å². The van der Waals surface area contributed by atoms with Gasteiger partial charge in [-0.25, -0.2) is 0 Å². The van der Waals surface area contributed by atoms with Gasteiger partial charge in [0.05, 0.1) is 0 Å². The van der Waals surface area contributed by atoms with E-state index in [2.05, 4.69) is 20.9 Å². The molecule has 1 rings (SSSR count). The van der Waals surface area contributed by atoms with Crippen molar-refractivity contribution < 1.29 is 14.4 Å². The number of hydrogen-bond donors (Lipinski definition) is 5. The van der Waals surface area contributed by atoms with Gasteiger partial charge in [0.25, 0.3) is 5.91 Å². The van der Waals surface area contributed by atoms with Crippen LogP contribution in [0.5, 0.6) is 0 Å². The fourth-order valence-electron chi connectivity index (χ4n) is 2.44. The van der Waals surface area contributed by atoms with E-state index < -0.39 is 6.04 Å². The first kappa shape index (κ1) is 23.9. The molecule has 0 saturated heterocycles. The molecule has 0 fully saturated rings. The third-order valence-electron chi connectivity index (χ3n) is 4.10. The van der Waals surface area contributed by atoms with E-state index in [9.17, 15) is 14.4 Å². The third-order valence-corrected chi connectivity index (χ3v) is 4.10. The quantitative estimate of drug-likeness (QED) is 0.194. The number of aliphatic imine (C=N–C) groups is 1. The topological polar surface area (TPSA) is 152 Å². The summed E-state index contributed by atoms with van der Waals surface area (Å²) in [5.74, 6) is -0.547. The Bertz CT molecular complexity index is 699. The summed E-state index contributed by atoms with van der Waals surface area (Å²) in [5, 5.41) is 8.26. The zero-order valence-corrected chi connectivity index (χ0v) is 17.2. The monoisotopic (exact) mass is 404 g/mol. The number of amides is 3. The van der Waals surface area contributed by atoms with Crippen molar-refractivity contribution in [2.45, 2.75) is 52.1 Å². The van der Waals surface area contributed by atoms with Gasteiger partial charge in [0.1, 0.15) is 6.04 Å². The van der Waals surface area contributed by atoms with Crippen LogP contribution in [0.4, 0.5) is 0 Å². The Hall–Kier alpha value is -3.10. The standard InChI is InChI=1S/C20H32N6O3/c1-3-11-23-19(29)16-9-7-15(8-10-16)13-25-18(28)14(2)26-17(27)6-4-5-12-24-20(21)22/h7-10,14H,3-6,11-13H2,1-2H3,(H,23,29)(H,25,28)(H,26,27)(H4,21,22,24)/t14-/m0/s1. The minimum absolute atomic E-state index is 0.0362. The number of hydrogen-bond acceptors (Lipinski definition) is 4. The Morgan fingerprint density at radius 1 is 1.07 bits per heavy atom. The van der Waals surface area contributed by atoms with Gasteiger partial charge in [-0.1, -0.05) is 19.1 Å². The summed E-state index contributed by atoms with van der Waals surface area (Å²) in [6, 6.07) is 6.39. The molecular formula is C20H32N6O3. The fourth-order valence-corrected chi connectivity index (χ4v) is 2.44. The van der Waals surface area contributed by atoms with Crippen LogP contribution in [0, 0.1) is 0 Å².